The molecule has 1 aromatic rings. The zero-order chi connectivity index (χ0) is 13.0. The Balaban J connectivity index is 1.83. The molecule has 100 valence electrons. The van der Waals surface area contributed by atoms with Crippen molar-refractivity contribution in [2.75, 3.05) is 25.1 Å². The third kappa shape index (κ3) is 3.91. The summed E-state index contributed by atoms with van der Waals surface area (Å²) in [6, 6.07) is 6.29. The fourth-order valence-electron chi connectivity index (χ4n) is 2.04. The topological polar surface area (TPSA) is 30.5 Å². The molecule has 1 N–H and O–H groups in total. The zero-order valence-electron chi connectivity index (χ0n) is 11.6. The van der Waals surface area contributed by atoms with Crippen molar-refractivity contribution in [3.05, 3.63) is 23.8 Å². The van der Waals surface area contributed by atoms with Gasteiger partial charge in [-0.15, -0.1) is 0 Å². The fourth-order valence-corrected chi connectivity index (χ4v) is 2.04. The Bertz CT molecular complexity index is 396. The average Bonchev–Trinajstić information content (AvgIpc) is 2.33. The van der Waals surface area contributed by atoms with Gasteiger partial charge in [-0.05, 0) is 45.2 Å². The molecule has 0 fully saturated rings. The van der Waals surface area contributed by atoms with Crippen LogP contribution in [0.4, 0.5) is 5.69 Å². The minimum Gasteiger partial charge on any atom is -0.491 e. The first-order valence-corrected chi connectivity index (χ1v) is 6.68. The van der Waals surface area contributed by atoms with Crippen LogP contribution in [0, 0.1) is 0 Å². The normalized spacial score (nSPS) is 14.8. The Kier molecular flexibility index (Phi) is 4.12. The highest BCUT2D eigenvalue weighted by Gasteiger charge is 2.11. The summed E-state index contributed by atoms with van der Waals surface area (Å²) in [6.45, 7) is 8.43. The Morgan fingerprint density at radius 1 is 1.22 bits per heavy atom. The largest absolute Gasteiger partial charge is 0.491 e. The number of rotatable bonds is 4. The number of hydrogen-bond donors (Lipinski definition) is 1. The Labute approximate surface area is 109 Å². The summed E-state index contributed by atoms with van der Waals surface area (Å²) in [5.41, 5.74) is 2.51. The summed E-state index contributed by atoms with van der Waals surface area (Å²) in [7, 11) is 0. The molecule has 1 aliphatic heterocycles. The third-order valence-corrected chi connectivity index (χ3v) is 2.91. The van der Waals surface area contributed by atoms with Gasteiger partial charge < -0.3 is 14.8 Å². The van der Waals surface area contributed by atoms with Crippen molar-refractivity contribution >= 4 is 5.69 Å². The van der Waals surface area contributed by atoms with E-state index in [4.69, 9.17) is 9.47 Å². The lowest BCUT2D eigenvalue weighted by atomic mass is 10.0. The predicted molar refractivity (Wildman–Crippen MR) is 74.5 cm³/mol. The second kappa shape index (κ2) is 5.61. The van der Waals surface area contributed by atoms with Crippen LogP contribution in [0.25, 0.3) is 0 Å². The highest BCUT2D eigenvalue weighted by atomic mass is 16.5. The lowest BCUT2D eigenvalue weighted by molar-refractivity contribution is -0.0162. The summed E-state index contributed by atoms with van der Waals surface area (Å²) >= 11 is 0. The van der Waals surface area contributed by atoms with Crippen molar-refractivity contribution in [3.63, 3.8) is 0 Å². The molecule has 0 atom stereocenters. The molecule has 2 rings (SSSR count). The van der Waals surface area contributed by atoms with Crippen LogP contribution in [0.2, 0.25) is 0 Å². The number of benzene rings is 1. The molecule has 3 heteroatoms. The first-order valence-electron chi connectivity index (χ1n) is 6.68. The summed E-state index contributed by atoms with van der Waals surface area (Å²) in [5, 5.41) is 3.41. The van der Waals surface area contributed by atoms with Crippen molar-refractivity contribution < 1.29 is 9.47 Å². The van der Waals surface area contributed by atoms with E-state index in [9.17, 15) is 0 Å². The molecule has 0 amide bonds. The van der Waals surface area contributed by atoms with E-state index in [1.807, 2.05) is 6.07 Å². The maximum absolute atomic E-state index is 5.70. The molecule has 0 aromatic heterocycles. The summed E-state index contributed by atoms with van der Waals surface area (Å²) in [4.78, 5) is 0. The van der Waals surface area contributed by atoms with Crippen LogP contribution >= 0.6 is 0 Å². The minimum atomic E-state index is -0.0965. The molecular formula is C15H23NO2. The maximum atomic E-state index is 5.70. The van der Waals surface area contributed by atoms with Crippen LogP contribution < -0.4 is 10.1 Å². The number of ether oxygens (including phenoxy) is 2. The summed E-state index contributed by atoms with van der Waals surface area (Å²) < 4.78 is 11.3. The van der Waals surface area contributed by atoms with E-state index in [1.54, 1.807) is 0 Å². The summed E-state index contributed by atoms with van der Waals surface area (Å²) in [5.74, 6) is 0.917. The molecule has 18 heavy (non-hydrogen) atoms. The molecule has 1 aliphatic rings. The zero-order valence-corrected chi connectivity index (χ0v) is 11.6. The Hall–Kier alpha value is -1.22. The van der Waals surface area contributed by atoms with Crippen molar-refractivity contribution in [1.82, 2.24) is 0 Å². The predicted octanol–water partition coefficient (Wildman–Crippen LogP) is 3.24. The molecule has 0 spiro atoms. The van der Waals surface area contributed by atoms with E-state index in [-0.39, 0.29) is 5.60 Å². The molecule has 0 saturated carbocycles. The number of fused-ring (bicyclic) bond motifs is 1. The van der Waals surface area contributed by atoms with Gasteiger partial charge in [0, 0.05) is 18.3 Å². The van der Waals surface area contributed by atoms with E-state index in [1.165, 1.54) is 17.7 Å². The van der Waals surface area contributed by atoms with E-state index < -0.39 is 0 Å². The monoisotopic (exact) mass is 249 g/mol. The molecule has 0 radical (unpaired) electrons. The van der Waals surface area contributed by atoms with Crippen LogP contribution in [0.3, 0.4) is 0 Å². The van der Waals surface area contributed by atoms with Gasteiger partial charge in [0.1, 0.15) is 12.4 Å². The van der Waals surface area contributed by atoms with Crippen LogP contribution in [0.15, 0.2) is 18.2 Å². The number of nitrogens with one attached hydrogen (secondary N) is 1. The van der Waals surface area contributed by atoms with Gasteiger partial charge in [0.05, 0.1) is 12.2 Å². The smallest absolute Gasteiger partial charge is 0.121 e. The molecule has 0 saturated heterocycles. The SMILES string of the molecule is CC(C)(C)OCCOc1ccc2c(c1)NCCC2. The van der Waals surface area contributed by atoms with Gasteiger partial charge in [-0.25, -0.2) is 0 Å². The van der Waals surface area contributed by atoms with Crippen LogP contribution in [0.1, 0.15) is 32.8 Å². The maximum Gasteiger partial charge on any atom is 0.121 e. The molecule has 0 bridgehead atoms. The van der Waals surface area contributed by atoms with E-state index in [0.29, 0.717) is 13.2 Å². The lowest BCUT2D eigenvalue weighted by Crippen LogP contribution is -2.22. The van der Waals surface area contributed by atoms with Gasteiger partial charge in [-0.2, -0.15) is 0 Å². The van der Waals surface area contributed by atoms with Crippen molar-refractivity contribution in [3.8, 4) is 5.75 Å². The molecule has 1 aromatic carbocycles. The molecule has 0 unspecified atom stereocenters. The lowest BCUT2D eigenvalue weighted by Gasteiger charge is -2.20. The average molecular weight is 249 g/mol. The molecule has 0 aliphatic carbocycles. The standard InChI is InChI=1S/C15H23NO2/c1-15(2,3)18-10-9-17-13-7-6-12-5-4-8-16-14(12)11-13/h6-7,11,16H,4-5,8-10H2,1-3H3. The van der Waals surface area contributed by atoms with Crippen LogP contribution in [-0.2, 0) is 11.2 Å². The Morgan fingerprint density at radius 2 is 2.06 bits per heavy atom. The number of hydrogen-bond acceptors (Lipinski definition) is 3. The van der Waals surface area contributed by atoms with Gasteiger partial charge >= 0.3 is 0 Å². The summed E-state index contributed by atoms with van der Waals surface area (Å²) in [6.07, 6.45) is 2.38. The van der Waals surface area contributed by atoms with Gasteiger partial charge in [0.2, 0.25) is 0 Å². The van der Waals surface area contributed by atoms with Gasteiger partial charge in [0.25, 0.3) is 0 Å². The highest BCUT2D eigenvalue weighted by molar-refractivity contribution is 5.56. The fraction of sp³-hybridized carbons (Fsp3) is 0.600. The van der Waals surface area contributed by atoms with Gasteiger partial charge in [-0.1, -0.05) is 6.07 Å². The van der Waals surface area contributed by atoms with Gasteiger partial charge in [-0.3, -0.25) is 0 Å². The van der Waals surface area contributed by atoms with E-state index in [2.05, 4.69) is 38.2 Å². The third-order valence-electron chi connectivity index (χ3n) is 2.91. The van der Waals surface area contributed by atoms with Crippen molar-refractivity contribution in [2.24, 2.45) is 0 Å². The minimum absolute atomic E-state index is 0.0965. The molecular weight excluding hydrogens is 226 g/mol. The van der Waals surface area contributed by atoms with Crippen molar-refractivity contribution in [1.29, 1.82) is 0 Å². The second-order valence-electron chi connectivity index (χ2n) is 5.66. The second-order valence-corrected chi connectivity index (χ2v) is 5.66. The van der Waals surface area contributed by atoms with Crippen LogP contribution in [-0.4, -0.2) is 25.4 Å². The molecule has 3 nitrogen and oxygen atoms in total. The van der Waals surface area contributed by atoms with E-state index in [0.717, 1.165) is 18.7 Å². The molecule has 1 heterocycles. The first kappa shape index (κ1) is 13.2. The number of anilines is 1. The van der Waals surface area contributed by atoms with Crippen molar-refractivity contribution in [2.45, 2.75) is 39.2 Å². The van der Waals surface area contributed by atoms with E-state index >= 15 is 0 Å². The Morgan fingerprint density at radius 3 is 2.83 bits per heavy atom. The van der Waals surface area contributed by atoms with Crippen LogP contribution in [0.5, 0.6) is 5.75 Å². The quantitative estimate of drug-likeness (QED) is 0.831. The first-order chi connectivity index (χ1) is 8.54. The highest BCUT2D eigenvalue weighted by Crippen LogP contribution is 2.26. The number of aryl methyl sites for hydroxylation is 1. The van der Waals surface area contributed by atoms with Gasteiger partial charge in [0.15, 0.2) is 0 Å².